The van der Waals surface area contributed by atoms with E-state index < -0.39 is 0 Å². The molecule has 2 rings (SSSR count). The largest absolute Gasteiger partial charge is 0.395 e. The molecule has 0 saturated carbocycles. The first kappa shape index (κ1) is 11.6. The van der Waals surface area contributed by atoms with Gasteiger partial charge in [-0.15, -0.1) is 0 Å². The molecule has 2 N–H and O–H groups in total. The van der Waals surface area contributed by atoms with Crippen molar-refractivity contribution in [2.75, 3.05) is 6.61 Å². The molecule has 0 aromatic heterocycles. The number of hydrogen-bond donors (Lipinski definition) is 2. The van der Waals surface area contributed by atoms with Crippen molar-refractivity contribution in [3.8, 4) is 0 Å². The summed E-state index contributed by atoms with van der Waals surface area (Å²) in [5.41, 5.74) is 4.25. The van der Waals surface area contributed by atoms with Crippen molar-refractivity contribution in [2.24, 2.45) is 0 Å². The van der Waals surface area contributed by atoms with Crippen molar-refractivity contribution in [2.45, 2.75) is 45.2 Å². The highest BCUT2D eigenvalue weighted by Crippen LogP contribution is 2.32. The van der Waals surface area contributed by atoms with Crippen molar-refractivity contribution >= 4 is 0 Å². The first-order valence-corrected chi connectivity index (χ1v) is 6.21. The summed E-state index contributed by atoms with van der Waals surface area (Å²) >= 11 is 0. The Morgan fingerprint density at radius 3 is 3.00 bits per heavy atom. The van der Waals surface area contributed by atoms with E-state index in [1.807, 2.05) is 0 Å². The zero-order valence-electron chi connectivity index (χ0n) is 10.2. The molecule has 0 bridgehead atoms. The number of aryl methyl sites for hydroxylation is 2. The predicted molar refractivity (Wildman–Crippen MR) is 66.5 cm³/mol. The van der Waals surface area contributed by atoms with Crippen LogP contribution < -0.4 is 5.32 Å². The lowest BCUT2D eigenvalue weighted by molar-refractivity contribution is 0.227. The number of benzene rings is 1. The Labute approximate surface area is 97.7 Å². The molecule has 1 aliphatic rings. The van der Waals surface area contributed by atoms with Gasteiger partial charge in [-0.25, -0.2) is 0 Å². The van der Waals surface area contributed by atoms with Crippen LogP contribution in [0.3, 0.4) is 0 Å². The van der Waals surface area contributed by atoms with Crippen LogP contribution in [0.25, 0.3) is 0 Å². The Morgan fingerprint density at radius 1 is 1.50 bits per heavy atom. The fourth-order valence-corrected chi connectivity index (χ4v) is 2.50. The molecule has 0 fully saturated rings. The Balaban J connectivity index is 2.11. The molecule has 1 aromatic carbocycles. The molecule has 0 saturated heterocycles. The SMILES string of the molecule is CCC(CO)NC1CCc2cc(C)ccc21. The summed E-state index contributed by atoms with van der Waals surface area (Å²) in [5.74, 6) is 0. The third-order valence-electron chi connectivity index (χ3n) is 3.53. The van der Waals surface area contributed by atoms with Crippen LogP contribution in [0.15, 0.2) is 18.2 Å². The third kappa shape index (κ3) is 2.28. The Hall–Kier alpha value is -0.860. The highest BCUT2D eigenvalue weighted by Gasteiger charge is 2.23. The van der Waals surface area contributed by atoms with E-state index in [2.05, 4.69) is 37.4 Å². The minimum atomic E-state index is 0.230. The second-order valence-electron chi connectivity index (χ2n) is 4.75. The number of rotatable bonds is 4. The zero-order chi connectivity index (χ0) is 11.5. The van der Waals surface area contributed by atoms with Gasteiger partial charge in [-0.2, -0.15) is 0 Å². The van der Waals surface area contributed by atoms with Gasteiger partial charge < -0.3 is 10.4 Å². The molecule has 2 atom stereocenters. The van der Waals surface area contributed by atoms with Gasteiger partial charge in [-0.3, -0.25) is 0 Å². The van der Waals surface area contributed by atoms with E-state index in [0.717, 1.165) is 19.3 Å². The third-order valence-corrected chi connectivity index (χ3v) is 3.53. The smallest absolute Gasteiger partial charge is 0.0584 e. The standard InChI is InChI=1S/C14H21NO/c1-3-12(9-16)15-14-7-5-11-8-10(2)4-6-13(11)14/h4,6,8,12,14-16H,3,5,7,9H2,1-2H3. The molecular weight excluding hydrogens is 198 g/mol. The van der Waals surface area contributed by atoms with Crippen molar-refractivity contribution in [1.29, 1.82) is 0 Å². The number of fused-ring (bicyclic) bond motifs is 1. The fourth-order valence-electron chi connectivity index (χ4n) is 2.50. The summed E-state index contributed by atoms with van der Waals surface area (Å²) in [6.07, 6.45) is 3.31. The summed E-state index contributed by atoms with van der Waals surface area (Å²) < 4.78 is 0. The summed E-state index contributed by atoms with van der Waals surface area (Å²) in [7, 11) is 0. The van der Waals surface area contributed by atoms with Gasteiger partial charge in [-0.1, -0.05) is 30.7 Å². The van der Waals surface area contributed by atoms with Crippen molar-refractivity contribution < 1.29 is 5.11 Å². The summed E-state index contributed by atoms with van der Waals surface area (Å²) in [6, 6.07) is 7.37. The highest BCUT2D eigenvalue weighted by atomic mass is 16.3. The summed E-state index contributed by atoms with van der Waals surface area (Å²) in [4.78, 5) is 0. The van der Waals surface area contributed by atoms with Crippen LogP contribution in [0.5, 0.6) is 0 Å². The monoisotopic (exact) mass is 219 g/mol. The average Bonchev–Trinajstić information content (AvgIpc) is 2.68. The van der Waals surface area contributed by atoms with E-state index in [-0.39, 0.29) is 12.6 Å². The lowest BCUT2D eigenvalue weighted by atomic mass is 10.0. The van der Waals surface area contributed by atoms with Gasteiger partial charge in [0.1, 0.15) is 0 Å². The van der Waals surface area contributed by atoms with E-state index in [4.69, 9.17) is 0 Å². The van der Waals surface area contributed by atoms with Gasteiger partial charge in [0.25, 0.3) is 0 Å². The van der Waals surface area contributed by atoms with Crippen molar-refractivity contribution in [1.82, 2.24) is 5.32 Å². The van der Waals surface area contributed by atoms with Crippen molar-refractivity contribution in [3.05, 3.63) is 34.9 Å². The minimum absolute atomic E-state index is 0.230. The van der Waals surface area contributed by atoms with Crippen LogP contribution in [0.2, 0.25) is 0 Å². The number of aliphatic hydroxyl groups excluding tert-OH is 1. The zero-order valence-corrected chi connectivity index (χ0v) is 10.2. The first-order valence-electron chi connectivity index (χ1n) is 6.21. The molecule has 0 radical (unpaired) electrons. The Morgan fingerprint density at radius 2 is 2.31 bits per heavy atom. The molecule has 0 spiro atoms. The van der Waals surface area contributed by atoms with Gasteiger partial charge in [-0.05, 0) is 37.3 Å². The molecule has 2 nitrogen and oxygen atoms in total. The lowest BCUT2D eigenvalue weighted by Crippen LogP contribution is -2.34. The van der Waals surface area contributed by atoms with Gasteiger partial charge in [0.15, 0.2) is 0 Å². The van der Waals surface area contributed by atoms with Crippen LogP contribution in [-0.4, -0.2) is 17.8 Å². The van der Waals surface area contributed by atoms with Crippen LogP contribution in [0.1, 0.15) is 42.5 Å². The van der Waals surface area contributed by atoms with Gasteiger partial charge in [0.05, 0.1) is 6.61 Å². The van der Waals surface area contributed by atoms with E-state index in [1.165, 1.54) is 16.7 Å². The van der Waals surface area contributed by atoms with E-state index >= 15 is 0 Å². The fraction of sp³-hybridized carbons (Fsp3) is 0.571. The molecule has 2 heteroatoms. The normalized spacial score (nSPS) is 20.8. The first-order chi connectivity index (χ1) is 7.74. The predicted octanol–water partition coefficient (Wildman–Crippen LogP) is 2.34. The van der Waals surface area contributed by atoms with Crippen molar-refractivity contribution in [3.63, 3.8) is 0 Å². The minimum Gasteiger partial charge on any atom is -0.395 e. The van der Waals surface area contributed by atoms with Crippen LogP contribution >= 0.6 is 0 Å². The molecule has 2 unspecified atom stereocenters. The van der Waals surface area contributed by atoms with Gasteiger partial charge in [0, 0.05) is 12.1 Å². The number of hydrogen-bond acceptors (Lipinski definition) is 2. The second kappa shape index (κ2) is 4.98. The quantitative estimate of drug-likeness (QED) is 0.814. The molecule has 0 heterocycles. The maximum absolute atomic E-state index is 9.22. The van der Waals surface area contributed by atoms with Crippen LogP contribution in [-0.2, 0) is 6.42 Å². The highest BCUT2D eigenvalue weighted by molar-refractivity contribution is 5.37. The van der Waals surface area contributed by atoms with Gasteiger partial charge >= 0.3 is 0 Å². The number of nitrogens with one attached hydrogen (secondary N) is 1. The average molecular weight is 219 g/mol. The summed E-state index contributed by atoms with van der Waals surface area (Å²) in [5, 5.41) is 12.8. The molecular formula is C14H21NO. The molecule has 0 aliphatic heterocycles. The van der Waals surface area contributed by atoms with Crippen LogP contribution in [0.4, 0.5) is 0 Å². The van der Waals surface area contributed by atoms with E-state index in [0.29, 0.717) is 6.04 Å². The maximum Gasteiger partial charge on any atom is 0.0584 e. The lowest BCUT2D eigenvalue weighted by Gasteiger charge is -2.20. The Kier molecular flexibility index (Phi) is 3.62. The number of aliphatic hydroxyl groups is 1. The molecule has 1 aliphatic carbocycles. The van der Waals surface area contributed by atoms with E-state index in [1.54, 1.807) is 0 Å². The molecule has 1 aromatic rings. The topological polar surface area (TPSA) is 32.3 Å². The Bertz CT molecular complexity index is 358. The maximum atomic E-state index is 9.22. The second-order valence-corrected chi connectivity index (χ2v) is 4.75. The molecule has 0 amide bonds. The summed E-state index contributed by atoms with van der Waals surface area (Å²) in [6.45, 7) is 4.48. The molecule has 16 heavy (non-hydrogen) atoms. The van der Waals surface area contributed by atoms with Gasteiger partial charge in [0.2, 0.25) is 0 Å². The van der Waals surface area contributed by atoms with Crippen LogP contribution in [0, 0.1) is 6.92 Å². The molecule has 88 valence electrons. The van der Waals surface area contributed by atoms with E-state index in [9.17, 15) is 5.11 Å².